The number of benzene rings is 2. The van der Waals surface area contributed by atoms with Gasteiger partial charge in [0.1, 0.15) is 5.75 Å². The van der Waals surface area contributed by atoms with Gasteiger partial charge in [0.2, 0.25) is 5.91 Å². The highest BCUT2D eigenvalue weighted by atomic mass is 16.5. The largest absolute Gasteiger partial charge is 0.477 e. The number of ether oxygens (including phenoxy) is 1. The van der Waals surface area contributed by atoms with Crippen molar-refractivity contribution < 1.29 is 14.3 Å². The Morgan fingerprint density at radius 2 is 1.93 bits per heavy atom. The summed E-state index contributed by atoms with van der Waals surface area (Å²) in [6.07, 6.45) is 0.443. The molecule has 1 heterocycles. The zero-order valence-electron chi connectivity index (χ0n) is 16.1. The molecule has 2 aromatic carbocycles. The van der Waals surface area contributed by atoms with E-state index in [9.17, 15) is 9.59 Å². The van der Waals surface area contributed by atoms with Gasteiger partial charge in [0, 0.05) is 6.54 Å². The van der Waals surface area contributed by atoms with E-state index in [1.807, 2.05) is 50.2 Å². The molecule has 0 aliphatic carbocycles. The minimum absolute atomic E-state index is 0.0395. The third-order valence-electron chi connectivity index (χ3n) is 4.84. The number of anilines is 1. The van der Waals surface area contributed by atoms with Crippen LogP contribution in [0, 0.1) is 13.8 Å². The van der Waals surface area contributed by atoms with Crippen LogP contribution in [0.4, 0.5) is 5.69 Å². The maximum absolute atomic E-state index is 13.0. The lowest BCUT2D eigenvalue weighted by molar-refractivity contribution is -0.128. The predicted molar refractivity (Wildman–Crippen MR) is 106 cm³/mol. The van der Waals surface area contributed by atoms with Crippen LogP contribution < -0.4 is 15.0 Å². The van der Waals surface area contributed by atoms with E-state index in [0.717, 1.165) is 12.0 Å². The summed E-state index contributed by atoms with van der Waals surface area (Å²) in [7, 11) is 0. The number of nitrogens with zero attached hydrogens (tertiary/aromatic N) is 1. The summed E-state index contributed by atoms with van der Waals surface area (Å²) < 4.78 is 5.85. The summed E-state index contributed by atoms with van der Waals surface area (Å²) >= 11 is 0. The maximum atomic E-state index is 13.0. The maximum Gasteiger partial charge on any atom is 0.262 e. The molecule has 142 valence electrons. The van der Waals surface area contributed by atoms with Gasteiger partial charge in [-0.05, 0) is 49.1 Å². The first-order valence-corrected chi connectivity index (χ1v) is 9.39. The number of hydrogen-bond acceptors (Lipinski definition) is 3. The Morgan fingerprint density at radius 1 is 1.15 bits per heavy atom. The molecular formula is C22H26N2O3. The van der Waals surface area contributed by atoms with Crippen molar-refractivity contribution >= 4 is 17.5 Å². The number of para-hydroxylation sites is 2. The second kappa shape index (κ2) is 8.25. The van der Waals surface area contributed by atoms with E-state index in [1.165, 1.54) is 11.1 Å². The zero-order chi connectivity index (χ0) is 19.4. The molecule has 0 unspecified atom stereocenters. The van der Waals surface area contributed by atoms with Crippen molar-refractivity contribution in [3.8, 4) is 5.75 Å². The molecule has 1 aliphatic heterocycles. The standard InChI is InChI=1S/C22H26N2O3/c1-4-11-23-22(26)20-14-24(18-7-5-6-8-19(18)27-20)21(25)13-17-10-9-15(2)16(3)12-17/h5-10,12,20H,4,11,13-14H2,1-3H3,(H,23,26)/t20-/m1/s1. The highest BCUT2D eigenvalue weighted by molar-refractivity contribution is 5.98. The Kier molecular flexibility index (Phi) is 5.79. The van der Waals surface area contributed by atoms with E-state index in [1.54, 1.807) is 11.0 Å². The van der Waals surface area contributed by atoms with Crippen LogP contribution in [-0.4, -0.2) is 31.0 Å². The molecule has 0 saturated carbocycles. The van der Waals surface area contributed by atoms with Crippen LogP contribution >= 0.6 is 0 Å². The minimum atomic E-state index is -0.699. The summed E-state index contributed by atoms with van der Waals surface area (Å²) in [5.41, 5.74) is 4.06. The topological polar surface area (TPSA) is 58.6 Å². The van der Waals surface area contributed by atoms with E-state index in [2.05, 4.69) is 12.2 Å². The van der Waals surface area contributed by atoms with Crippen molar-refractivity contribution in [1.29, 1.82) is 0 Å². The molecule has 0 radical (unpaired) electrons. The highest BCUT2D eigenvalue weighted by Gasteiger charge is 2.33. The number of amides is 2. The van der Waals surface area contributed by atoms with Gasteiger partial charge in [-0.15, -0.1) is 0 Å². The Bertz CT molecular complexity index is 847. The molecule has 0 fully saturated rings. The summed E-state index contributed by atoms with van der Waals surface area (Å²) in [5, 5.41) is 2.85. The summed E-state index contributed by atoms with van der Waals surface area (Å²) in [4.78, 5) is 27.1. The fourth-order valence-corrected chi connectivity index (χ4v) is 3.15. The fourth-order valence-electron chi connectivity index (χ4n) is 3.15. The number of carbonyl (C=O) groups is 2. The number of nitrogens with one attached hydrogen (secondary N) is 1. The summed E-state index contributed by atoms with van der Waals surface area (Å²) in [5.74, 6) is 0.339. The van der Waals surface area contributed by atoms with Gasteiger partial charge in [0.15, 0.2) is 6.10 Å². The van der Waals surface area contributed by atoms with Gasteiger partial charge in [-0.2, -0.15) is 0 Å². The van der Waals surface area contributed by atoms with Gasteiger partial charge < -0.3 is 15.0 Å². The Morgan fingerprint density at radius 3 is 2.67 bits per heavy atom. The predicted octanol–water partition coefficient (Wildman–Crippen LogP) is 3.17. The van der Waals surface area contributed by atoms with Crippen LogP contribution in [0.25, 0.3) is 0 Å². The summed E-state index contributed by atoms with van der Waals surface area (Å²) in [6.45, 7) is 6.91. The van der Waals surface area contributed by atoms with Gasteiger partial charge in [-0.3, -0.25) is 9.59 Å². The van der Waals surface area contributed by atoms with Crippen LogP contribution in [-0.2, 0) is 16.0 Å². The average molecular weight is 366 g/mol. The molecule has 1 aliphatic rings. The van der Waals surface area contributed by atoms with Crippen LogP contribution in [0.1, 0.15) is 30.0 Å². The first-order chi connectivity index (χ1) is 13.0. The van der Waals surface area contributed by atoms with Crippen LogP contribution in [0.5, 0.6) is 5.75 Å². The molecular weight excluding hydrogens is 340 g/mol. The molecule has 0 saturated heterocycles. The van der Waals surface area contributed by atoms with E-state index in [0.29, 0.717) is 24.4 Å². The van der Waals surface area contributed by atoms with Gasteiger partial charge in [-0.25, -0.2) is 0 Å². The molecule has 0 aromatic heterocycles. The molecule has 27 heavy (non-hydrogen) atoms. The van der Waals surface area contributed by atoms with Crippen molar-refractivity contribution in [2.45, 2.75) is 39.7 Å². The zero-order valence-corrected chi connectivity index (χ0v) is 16.1. The molecule has 0 spiro atoms. The van der Waals surface area contributed by atoms with Crippen molar-refractivity contribution in [3.63, 3.8) is 0 Å². The Hall–Kier alpha value is -2.82. The molecule has 3 rings (SSSR count). The number of rotatable bonds is 5. The van der Waals surface area contributed by atoms with Crippen LogP contribution in [0.15, 0.2) is 42.5 Å². The van der Waals surface area contributed by atoms with Gasteiger partial charge >= 0.3 is 0 Å². The normalized spacial score (nSPS) is 15.7. The summed E-state index contributed by atoms with van der Waals surface area (Å²) in [6, 6.07) is 13.4. The molecule has 1 N–H and O–H groups in total. The van der Waals surface area contributed by atoms with Gasteiger partial charge in [0.25, 0.3) is 5.91 Å². The lowest BCUT2D eigenvalue weighted by Crippen LogP contribution is -2.51. The Labute approximate surface area is 160 Å². The quantitative estimate of drug-likeness (QED) is 0.884. The van der Waals surface area contributed by atoms with Crippen LogP contribution in [0.3, 0.4) is 0 Å². The van der Waals surface area contributed by atoms with Crippen molar-refractivity contribution in [2.24, 2.45) is 0 Å². The number of carbonyl (C=O) groups excluding carboxylic acids is 2. The minimum Gasteiger partial charge on any atom is -0.477 e. The molecule has 2 amide bonds. The third kappa shape index (κ3) is 4.30. The van der Waals surface area contributed by atoms with Gasteiger partial charge in [0.05, 0.1) is 18.7 Å². The van der Waals surface area contributed by atoms with Crippen molar-refractivity contribution in [2.75, 3.05) is 18.0 Å². The molecule has 2 aromatic rings. The van der Waals surface area contributed by atoms with E-state index in [4.69, 9.17) is 4.74 Å². The van der Waals surface area contributed by atoms with Crippen molar-refractivity contribution in [3.05, 3.63) is 59.2 Å². The third-order valence-corrected chi connectivity index (χ3v) is 4.84. The smallest absolute Gasteiger partial charge is 0.262 e. The monoisotopic (exact) mass is 366 g/mol. The SMILES string of the molecule is CCCNC(=O)[C@H]1CN(C(=O)Cc2ccc(C)c(C)c2)c2ccccc2O1. The second-order valence-corrected chi connectivity index (χ2v) is 6.96. The number of fused-ring (bicyclic) bond motifs is 1. The first kappa shape index (κ1) is 19.0. The highest BCUT2D eigenvalue weighted by Crippen LogP contribution is 2.33. The molecule has 1 atom stereocenters. The first-order valence-electron chi connectivity index (χ1n) is 9.39. The van der Waals surface area contributed by atoms with E-state index in [-0.39, 0.29) is 18.4 Å². The molecule has 0 bridgehead atoms. The lowest BCUT2D eigenvalue weighted by atomic mass is 10.0. The Balaban J connectivity index is 1.82. The number of hydrogen-bond donors (Lipinski definition) is 1. The number of aryl methyl sites for hydroxylation is 2. The molecule has 5 heteroatoms. The average Bonchev–Trinajstić information content (AvgIpc) is 2.68. The fraction of sp³-hybridized carbons (Fsp3) is 0.364. The van der Waals surface area contributed by atoms with Crippen molar-refractivity contribution in [1.82, 2.24) is 5.32 Å². The van der Waals surface area contributed by atoms with Gasteiger partial charge in [-0.1, -0.05) is 37.3 Å². The molecule has 5 nitrogen and oxygen atoms in total. The second-order valence-electron chi connectivity index (χ2n) is 6.96. The lowest BCUT2D eigenvalue weighted by Gasteiger charge is -2.34. The van der Waals surface area contributed by atoms with Crippen LogP contribution in [0.2, 0.25) is 0 Å². The van der Waals surface area contributed by atoms with E-state index >= 15 is 0 Å². The van der Waals surface area contributed by atoms with E-state index < -0.39 is 6.10 Å².